The van der Waals surface area contributed by atoms with Crippen LogP contribution in [0.15, 0.2) is 41.0 Å². The minimum atomic E-state index is -0.571. The first-order valence-electron chi connectivity index (χ1n) is 7.08. The molecule has 0 saturated heterocycles. The minimum Gasteiger partial charge on any atom is -0.454 e. The largest absolute Gasteiger partial charge is 0.454 e. The lowest BCUT2D eigenvalue weighted by Crippen LogP contribution is -2.06. The molecule has 0 atom stereocenters. The summed E-state index contributed by atoms with van der Waals surface area (Å²) in [6.07, 6.45) is 1.54. The van der Waals surface area contributed by atoms with Crippen molar-refractivity contribution in [2.75, 3.05) is 6.79 Å². The first-order valence-corrected chi connectivity index (χ1v) is 8.92. The average Bonchev–Trinajstić information content (AvgIpc) is 3.17. The Kier molecular flexibility index (Phi) is 4.35. The molecule has 5 nitrogen and oxygen atoms in total. The van der Waals surface area contributed by atoms with Crippen LogP contribution < -0.4 is 9.47 Å². The van der Waals surface area contributed by atoms with Gasteiger partial charge in [-0.05, 0) is 58.5 Å². The van der Waals surface area contributed by atoms with Crippen LogP contribution in [0.5, 0.6) is 11.5 Å². The van der Waals surface area contributed by atoms with Gasteiger partial charge in [0.15, 0.2) is 17.2 Å². The molecule has 0 N–H and O–H groups in total. The second kappa shape index (κ2) is 6.51. The zero-order chi connectivity index (χ0) is 17.6. The summed E-state index contributed by atoms with van der Waals surface area (Å²) in [5.74, 6) is 0.721. The topological polar surface area (TPSA) is 57.1 Å². The molecule has 2 aliphatic rings. The molecule has 0 fully saturated rings. The Morgan fingerprint density at radius 1 is 1.08 bits per heavy atom. The van der Waals surface area contributed by atoms with Crippen molar-refractivity contribution in [1.29, 1.82) is 0 Å². The highest BCUT2D eigenvalue weighted by atomic mass is 127. The highest BCUT2D eigenvalue weighted by molar-refractivity contribution is 14.1. The molecule has 0 radical (unpaired) electrons. The maximum absolute atomic E-state index is 12.2. The number of benzene rings is 2. The van der Waals surface area contributed by atoms with E-state index in [-0.39, 0.29) is 18.4 Å². The molecule has 2 heterocycles. The van der Waals surface area contributed by atoms with Gasteiger partial charge in [-0.25, -0.2) is 9.79 Å². The third-order valence-corrected chi connectivity index (χ3v) is 4.89. The quantitative estimate of drug-likeness (QED) is 0.351. The van der Waals surface area contributed by atoms with Crippen LogP contribution in [-0.2, 0) is 9.53 Å². The number of esters is 1. The summed E-state index contributed by atoms with van der Waals surface area (Å²) >= 11 is 14.6. The molecule has 2 aromatic rings. The van der Waals surface area contributed by atoms with Crippen LogP contribution in [-0.4, -0.2) is 18.7 Å². The number of rotatable bonds is 2. The van der Waals surface area contributed by atoms with Crippen molar-refractivity contribution in [2.45, 2.75) is 0 Å². The van der Waals surface area contributed by atoms with Crippen LogP contribution in [0.1, 0.15) is 11.1 Å². The summed E-state index contributed by atoms with van der Waals surface area (Å²) in [7, 11) is 0. The van der Waals surface area contributed by atoms with E-state index >= 15 is 0 Å². The van der Waals surface area contributed by atoms with Crippen molar-refractivity contribution in [3.8, 4) is 11.5 Å². The number of nitrogens with zero attached hydrogens (tertiary/aromatic N) is 1. The first-order chi connectivity index (χ1) is 12.0. The van der Waals surface area contributed by atoms with Gasteiger partial charge in [0.25, 0.3) is 0 Å². The van der Waals surface area contributed by atoms with Gasteiger partial charge in [-0.1, -0.05) is 23.2 Å². The van der Waals surface area contributed by atoms with Crippen molar-refractivity contribution in [3.63, 3.8) is 0 Å². The number of cyclic esters (lactones) is 1. The SMILES string of the molecule is O=C1OC(c2cc(I)ccc2Cl)=N/C1=C\c1cc2c(cc1Cl)OCO2. The highest BCUT2D eigenvalue weighted by Crippen LogP contribution is 2.38. The summed E-state index contributed by atoms with van der Waals surface area (Å²) in [5.41, 5.74) is 1.27. The third kappa shape index (κ3) is 3.21. The molecule has 0 bridgehead atoms. The molecule has 4 rings (SSSR count). The van der Waals surface area contributed by atoms with E-state index < -0.39 is 5.97 Å². The van der Waals surface area contributed by atoms with Crippen molar-refractivity contribution in [2.24, 2.45) is 4.99 Å². The Hall–Kier alpha value is -1.77. The second-order valence-electron chi connectivity index (χ2n) is 5.19. The first kappa shape index (κ1) is 16.7. The number of hydrogen-bond donors (Lipinski definition) is 0. The number of carbonyl (C=O) groups excluding carboxylic acids is 1. The van der Waals surface area contributed by atoms with E-state index in [0.29, 0.717) is 32.7 Å². The molecule has 0 unspecified atom stereocenters. The van der Waals surface area contributed by atoms with Gasteiger partial charge in [0.1, 0.15) is 0 Å². The Bertz CT molecular complexity index is 971. The Labute approximate surface area is 166 Å². The van der Waals surface area contributed by atoms with Crippen LogP contribution in [0.2, 0.25) is 10.0 Å². The lowest BCUT2D eigenvalue weighted by atomic mass is 10.1. The van der Waals surface area contributed by atoms with Gasteiger partial charge in [0.05, 0.1) is 15.6 Å². The van der Waals surface area contributed by atoms with Gasteiger partial charge in [-0.2, -0.15) is 0 Å². The number of halogens is 3. The molecule has 0 spiro atoms. The highest BCUT2D eigenvalue weighted by Gasteiger charge is 2.26. The summed E-state index contributed by atoms with van der Waals surface area (Å²) < 4.78 is 16.8. The summed E-state index contributed by atoms with van der Waals surface area (Å²) in [5, 5.41) is 0.870. The van der Waals surface area contributed by atoms with Crippen LogP contribution in [0, 0.1) is 3.57 Å². The van der Waals surface area contributed by atoms with Gasteiger partial charge in [0, 0.05) is 9.64 Å². The third-order valence-electron chi connectivity index (χ3n) is 3.56. The van der Waals surface area contributed by atoms with Crippen molar-refractivity contribution >= 4 is 63.7 Å². The van der Waals surface area contributed by atoms with Gasteiger partial charge in [-0.15, -0.1) is 0 Å². The average molecular weight is 488 g/mol. The lowest BCUT2D eigenvalue weighted by molar-refractivity contribution is -0.129. The van der Waals surface area contributed by atoms with E-state index in [0.717, 1.165) is 3.57 Å². The molecule has 0 amide bonds. The van der Waals surface area contributed by atoms with Crippen LogP contribution in [0.25, 0.3) is 6.08 Å². The van der Waals surface area contributed by atoms with Crippen LogP contribution in [0.3, 0.4) is 0 Å². The fourth-order valence-electron chi connectivity index (χ4n) is 2.38. The second-order valence-corrected chi connectivity index (χ2v) is 7.25. The van der Waals surface area contributed by atoms with E-state index in [1.54, 1.807) is 30.3 Å². The Balaban J connectivity index is 1.73. The molecule has 2 aromatic carbocycles. The molecule has 126 valence electrons. The number of ether oxygens (including phenoxy) is 3. The molecule has 0 aliphatic carbocycles. The summed E-state index contributed by atoms with van der Waals surface area (Å²) in [4.78, 5) is 16.4. The monoisotopic (exact) mass is 487 g/mol. The predicted molar refractivity (Wildman–Crippen MR) is 102 cm³/mol. The van der Waals surface area contributed by atoms with Gasteiger partial charge in [0.2, 0.25) is 12.7 Å². The van der Waals surface area contributed by atoms with Crippen molar-refractivity contribution < 1.29 is 19.0 Å². The number of aliphatic imine (C=N–C) groups is 1. The van der Waals surface area contributed by atoms with E-state index in [1.165, 1.54) is 0 Å². The molecule has 8 heteroatoms. The number of carbonyl (C=O) groups is 1. The van der Waals surface area contributed by atoms with E-state index in [1.807, 2.05) is 6.07 Å². The van der Waals surface area contributed by atoms with Crippen LogP contribution >= 0.6 is 45.8 Å². The van der Waals surface area contributed by atoms with Gasteiger partial charge >= 0.3 is 5.97 Å². The van der Waals surface area contributed by atoms with Crippen molar-refractivity contribution in [1.82, 2.24) is 0 Å². The standard InChI is InChI=1S/C17H8Cl2INO4/c18-11-2-1-9(20)5-10(11)16-21-13(17(22)25-16)3-8-4-14-15(6-12(8)19)24-7-23-14/h1-6H,7H2/b13-3-. The zero-order valence-corrected chi connectivity index (χ0v) is 16.1. The normalized spacial score (nSPS) is 17.0. The number of hydrogen-bond acceptors (Lipinski definition) is 5. The molecular weight excluding hydrogens is 480 g/mol. The van der Waals surface area contributed by atoms with Crippen molar-refractivity contribution in [3.05, 3.63) is 60.8 Å². The molecule has 0 saturated carbocycles. The molecule has 25 heavy (non-hydrogen) atoms. The van der Waals surface area contributed by atoms with Gasteiger partial charge in [-0.3, -0.25) is 0 Å². The fourth-order valence-corrected chi connectivity index (χ4v) is 3.27. The van der Waals surface area contributed by atoms with Crippen LogP contribution in [0.4, 0.5) is 0 Å². The summed E-state index contributed by atoms with van der Waals surface area (Å²) in [6, 6.07) is 8.71. The predicted octanol–water partition coefficient (Wildman–Crippen LogP) is 4.67. The lowest BCUT2D eigenvalue weighted by Gasteiger charge is -2.02. The fraction of sp³-hybridized carbons (Fsp3) is 0.0588. The Morgan fingerprint density at radius 2 is 1.84 bits per heavy atom. The van der Waals surface area contributed by atoms with E-state index in [4.69, 9.17) is 37.4 Å². The van der Waals surface area contributed by atoms with Gasteiger partial charge < -0.3 is 14.2 Å². The smallest absolute Gasteiger partial charge is 0.363 e. The maximum atomic E-state index is 12.2. The maximum Gasteiger partial charge on any atom is 0.363 e. The zero-order valence-electron chi connectivity index (χ0n) is 12.4. The molecule has 2 aliphatic heterocycles. The molecular formula is C17H8Cl2INO4. The molecule has 0 aromatic heterocycles. The Morgan fingerprint density at radius 3 is 2.64 bits per heavy atom. The number of fused-ring (bicyclic) bond motifs is 1. The van der Waals surface area contributed by atoms with E-state index in [2.05, 4.69) is 27.6 Å². The van der Waals surface area contributed by atoms with E-state index in [9.17, 15) is 4.79 Å². The minimum absolute atomic E-state index is 0.130. The summed E-state index contributed by atoms with van der Waals surface area (Å²) in [6.45, 7) is 0.140.